The number of phenolic OH excluding ortho intramolecular Hbond substituents is 2. The van der Waals surface area contributed by atoms with Crippen molar-refractivity contribution in [2.45, 2.75) is 13.0 Å². The number of H-pyrrole nitrogens is 1. The van der Waals surface area contributed by atoms with Crippen molar-refractivity contribution in [2.75, 3.05) is 7.05 Å². The van der Waals surface area contributed by atoms with Crippen LogP contribution in [0.5, 0.6) is 11.5 Å². The molecule has 2 heterocycles. The van der Waals surface area contributed by atoms with Gasteiger partial charge in [-0.25, -0.2) is 0 Å². The fourth-order valence-corrected chi connectivity index (χ4v) is 4.10. The molecule has 0 amide bonds. The SMILES string of the molecule is CN[C@@H](C)c1ccc(-c2c(O)cc(O)c3[nH]c(=O)c4sccc4c23)cc1. The van der Waals surface area contributed by atoms with E-state index in [1.165, 1.54) is 17.4 Å². The molecule has 4 N–H and O–H groups in total. The molecule has 0 unspecified atom stereocenters. The van der Waals surface area contributed by atoms with Crippen molar-refractivity contribution in [3.05, 3.63) is 57.7 Å². The van der Waals surface area contributed by atoms with E-state index in [0.29, 0.717) is 21.2 Å². The summed E-state index contributed by atoms with van der Waals surface area (Å²) in [5.41, 5.74) is 2.64. The number of fused-ring (bicyclic) bond motifs is 3. The van der Waals surface area contributed by atoms with Gasteiger partial charge in [0.2, 0.25) is 0 Å². The van der Waals surface area contributed by atoms with E-state index in [0.717, 1.165) is 16.5 Å². The van der Waals surface area contributed by atoms with Crippen LogP contribution in [0.2, 0.25) is 0 Å². The van der Waals surface area contributed by atoms with Gasteiger partial charge in [0.25, 0.3) is 5.56 Å². The van der Waals surface area contributed by atoms with Crippen LogP contribution in [0, 0.1) is 0 Å². The van der Waals surface area contributed by atoms with Gasteiger partial charge in [-0.1, -0.05) is 24.3 Å². The van der Waals surface area contributed by atoms with E-state index in [1.54, 1.807) is 0 Å². The van der Waals surface area contributed by atoms with Gasteiger partial charge in [-0.2, -0.15) is 0 Å². The van der Waals surface area contributed by atoms with E-state index in [1.807, 2.05) is 42.8 Å². The molecule has 0 spiro atoms. The van der Waals surface area contributed by atoms with Gasteiger partial charge >= 0.3 is 0 Å². The van der Waals surface area contributed by atoms with Crippen molar-refractivity contribution in [1.82, 2.24) is 10.3 Å². The molecule has 0 aliphatic heterocycles. The zero-order valence-electron chi connectivity index (χ0n) is 14.3. The minimum Gasteiger partial charge on any atom is -0.507 e. The maximum Gasteiger partial charge on any atom is 0.266 e. The van der Waals surface area contributed by atoms with E-state index >= 15 is 0 Å². The molecule has 0 saturated heterocycles. The zero-order valence-corrected chi connectivity index (χ0v) is 15.1. The number of nitrogens with one attached hydrogen (secondary N) is 2. The number of pyridine rings is 1. The summed E-state index contributed by atoms with van der Waals surface area (Å²) < 4.78 is 0.573. The standard InChI is InChI=1S/C20H18N2O3S/c1-10(21-2)11-3-5-12(6-4-11)16-14(23)9-15(24)18-17(16)13-7-8-26-19(13)20(25)22-18/h3-10,21,23-24H,1-2H3,(H,22,25)/t10-/m0/s1. The van der Waals surface area contributed by atoms with Gasteiger partial charge in [0, 0.05) is 28.4 Å². The molecule has 132 valence electrons. The molecular formula is C20H18N2O3S. The van der Waals surface area contributed by atoms with Gasteiger partial charge < -0.3 is 20.5 Å². The van der Waals surface area contributed by atoms with Crippen LogP contribution in [0.1, 0.15) is 18.5 Å². The lowest BCUT2D eigenvalue weighted by atomic mass is 9.95. The van der Waals surface area contributed by atoms with Crippen LogP contribution in [0.25, 0.3) is 32.1 Å². The third-order valence-corrected chi connectivity index (χ3v) is 5.71. The van der Waals surface area contributed by atoms with Gasteiger partial charge in [0.15, 0.2) is 0 Å². The Morgan fingerprint density at radius 3 is 2.54 bits per heavy atom. The summed E-state index contributed by atoms with van der Waals surface area (Å²) in [5, 5.41) is 27.2. The van der Waals surface area contributed by atoms with Gasteiger partial charge in [0.05, 0.1) is 5.52 Å². The minimum absolute atomic E-state index is 0.0241. The fraction of sp³-hybridized carbons (Fsp3) is 0.150. The summed E-state index contributed by atoms with van der Waals surface area (Å²) in [6.07, 6.45) is 0. The molecule has 0 aliphatic rings. The second-order valence-corrected chi connectivity index (χ2v) is 7.21. The van der Waals surface area contributed by atoms with Gasteiger partial charge in [-0.15, -0.1) is 11.3 Å². The Labute approximate surface area is 153 Å². The van der Waals surface area contributed by atoms with Crippen LogP contribution >= 0.6 is 11.3 Å². The molecule has 4 aromatic rings. The number of rotatable bonds is 3. The largest absolute Gasteiger partial charge is 0.507 e. The second kappa shape index (κ2) is 6.16. The minimum atomic E-state index is -0.243. The van der Waals surface area contributed by atoms with E-state index in [-0.39, 0.29) is 23.1 Å². The third-order valence-electron chi connectivity index (χ3n) is 4.80. The monoisotopic (exact) mass is 366 g/mol. The van der Waals surface area contributed by atoms with Crippen LogP contribution in [-0.2, 0) is 0 Å². The van der Waals surface area contributed by atoms with Crippen LogP contribution < -0.4 is 10.9 Å². The molecule has 2 aromatic carbocycles. The number of hydrogen-bond donors (Lipinski definition) is 4. The predicted octanol–water partition coefficient (Wildman–Crippen LogP) is 4.10. The number of hydrogen-bond acceptors (Lipinski definition) is 5. The lowest BCUT2D eigenvalue weighted by molar-refractivity contribution is 0.455. The van der Waals surface area contributed by atoms with Crippen LogP contribution in [0.4, 0.5) is 0 Å². The Morgan fingerprint density at radius 1 is 1.12 bits per heavy atom. The maximum absolute atomic E-state index is 12.3. The smallest absolute Gasteiger partial charge is 0.266 e. The third kappa shape index (κ3) is 2.46. The van der Waals surface area contributed by atoms with Crippen LogP contribution in [-0.4, -0.2) is 22.2 Å². The molecule has 0 fully saturated rings. The lowest BCUT2D eigenvalue weighted by Gasteiger charge is -2.14. The molecule has 0 bridgehead atoms. The number of phenols is 2. The normalized spacial score (nSPS) is 12.7. The first kappa shape index (κ1) is 16.6. The highest BCUT2D eigenvalue weighted by molar-refractivity contribution is 7.17. The number of thiophene rings is 1. The van der Waals surface area contributed by atoms with E-state index < -0.39 is 0 Å². The highest BCUT2D eigenvalue weighted by Crippen LogP contribution is 2.43. The van der Waals surface area contributed by atoms with Crippen LogP contribution in [0.15, 0.2) is 46.6 Å². The van der Waals surface area contributed by atoms with Crippen molar-refractivity contribution in [3.63, 3.8) is 0 Å². The Balaban J connectivity index is 2.06. The van der Waals surface area contributed by atoms with E-state index in [2.05, 4.69) is 17.2 Å². The summed E-state index contributed by atoms with van der Waals surface area (Å²) >= 11 is 1.34. The first-order valence-electron chi connectivity index (χ1n) is 8.27. The maximum atomic E-state index is 12.3. The molecule has 6 heteroatoms. The summed E-state index contributed by atoms with van der Waals surface area (Å²) in [6.45, 7) is 2.07. The van der Waals surface area contributed by atoms with Crippen molar-refractivity contribution < 1.29 is 10.2 Å². The molecule has 1 atom stereocenters. The van der Waals surface area contributed by atoms with Gasteiger partial charge in [-0.05, 0) is 36.5 Å². The summed E-state index contributed by atoms with van der Waals surface area (Å²) in [7, 11) is 1.90. The highest BCUT2D eigenvalue weighted by atomic mass is 32.1. The quantitative estimate of drug-likeness (QED) is 0.440. The number of benzene rings is 2. The molecule has 2 aromatic heterocycles. The fourth-order valence-electron chi connectivity index (χ4n) is 3.30. The summed E-state index contributed by atoms with van der Waals surface area (Å²) in [5.74, 6) is -0.171. The first-order chi connectivity index (χ1) is 12.5. The number of aromatic nitrogens is 1. The van der Waals surface area contributed by atoms with E-state index in [9.17, 15) is 15.0 Å². The van der Waals surface area contributed by atoms with E-state index in [4.69, 9.17) is 0 Å². The number of aromatic hydroxyl groups is 2. The lowest BCUT2D eigenvalue weighted by Crippen LogP contribution is -2.11. The molecular weight excluding hydrogens is 348 g/mol. The van der Waals surface area contributed by atoms with Crippen LogP contribution in [0.3, 0.4) is 0 Å². The Kier molecular flexibility index (Phi) is 3.94. The van der Waals surface area contributed by atoms with Crippen molar-refractivity contribution >= 4 is 32.3 Å². The molecule has 5 nitrogen and oxygen atoms in total. The Bertz CT molecular complexity index is 1180. The molecule has 0 radical (unpaired) electrons. The molecule has 0 aliphatic carbocycles. The van der Waals surface area contributed by atoms with Crippen molar-refractivity contribution in [3.8, 4) is 22.6 Å². The average Bonchev–Trinajstić information content (AvgIpc) is 3.13. The average molecular weight is 366 g/mol. The predicted molar refractivity (Wildman–Crippen MR) is 106 cm³/mol. The summed E-state index contributed by atoms with van der Waals surface area (Å²) in [6, 6.07) is 11.2. The first-order valence-corrected chi connectivity index (χ1v) is 9.15. The Morgan fingerprint density at radius 2 is 1.85 bits per heavy atom. The molecule has 4 rings (SSSR count). The highest BCUT2D eigenvalue weighted by Gasteiger charge is 2.18. The van der Waals surface area contributed by atoms with Gasteiger partial charge in [0.1, 0.15) is 16.2 Å². The molecule has 26 heavy (non-hydrogen) atoms. The second-order valence-electron chi connectivity index (χ2n) is 6.29. The number of aromatic amines is 1. The van der Waals surface area contributed by atoms with Crippen molar-refractivity contribution in [1.29, 1.82) is 0 Å². The summed E-state index contributed by atoms with van der Waals surface area (Å²) in [4.78, 5) is 15.0. The topological polar surface area (TPSA) is 85.3 Å². The van der Waals surface area contributed by atoms with Gasteiger partial charge in [-0.3, -0.25) is 4.79 Å². The molecule has 0 saturated carbocycles. The van der Waals surface area contributed by atoms with Crippen molar-refractivity contribution in [2.24, 2.45) is 0 Å². The Hall–Kier alpha value is -2.83. The zero-order chi connectivity index (χ0) is 18.4.